The zero-order valence-corrected chi connectivity index (χ0v) is 17.6. The molecular formula is C22H25NO7. The SMILES string of the molecule is CCOC(=O)c1c(C)[nH]c(C(=O)[C@H](C)OC(=O)/C=C/c2ccc(O)c(OC)c2)c1C. The van der Waals surface area contributed by atoms with E-state index in [0.717, 1.165) is 0 Å². The van der Waals surface area contributed by atoms with Crippen LogP contribution in [0.2, 0.25) is 0 Å². The van der Waals surface area contributed by atoms with Crippen molar-refractivity contribution in [1.82, 2.24) is 4.98 Å². The van der Waals surface area contributed by atoms with Crippen molar-refractivity contribution in [3.63, 3.8) is 0 Å². The first-order chi connectivity index (χ1) is 14.2. The van der Waals surface area contributed by atoms with Crippen LogP contribution in [0, 0.1) is 13.8 Å². The van der Waals surface area contributed by atoms with Gasteiger partial charge in [-0.2, -0.15) is 0 Å². The molecule has 0 fully saturated rings. The summed E-state index contributed by atoms with van der Waals surface area (Å²) in [5, 5.41) is 9.60. The Balaban J connectivity index is 2.09. The van der Waals surface area contributed by atoms with Gasteiger partial charge in [-0.3, -0.25) is 4.79 Å². The van der Waals surface area contributed by atoms with Crippen LogP contribution < -0.4 is 4.74 Å². The minimum Gasteiger partial charge on any atom is -0.504 e. The molecule has 0 saturated carbocycles. The smallest absolute Gasteiger partial charge is 0.340 e. The third-order valence-corrected chi connectivity index (χ3v) is 4.44. The maximum atomic E-state index is 12.7. The molecule has 160 valence electrons. The lowest BCUT2D eigenvalue weighted by atomic mass is 10.1. The van der Waals surface area contributed by atoms with Gasteiger partial charge in [-0.25, -0.2) is 9.59 Å². The number of nitrogens with one attached hydrogen (secondary N) is 1. The molecule has 1 aromatic carbocycles. The molecule has 30 heavy (non-hydrogen) atoms. The van der Waals surface area contributed by atoms with Crippen LogP contribution in [0.3, 0.4) is 0 Å². The van der Waals surface area contributed by atoms with Gasteiger partial charge < -0.3 is 24.3 Å². The number of H-pyrrole nitrogens is 1. The van der Waals surface area contributed by atoms with Gasteiger partial charge in [0.2, 0.25) is 5.78 Å². The Morgan fingerprint density at radius 3 is 2.57 bits per heavy atom. The number of rotatable bonds is 8. The first kappa shape index (κ1) is 22.7. The van der Waals surface area contributed by atoms with Crippen molar-refractivity contribution in [3.8, 4) is 11.5 Å². The summed E-state index contributed by atoms with van der Waals surface area (Å²) in [6.45, 7) is 6.68. The monoisotopic (exact) mass is 415 g/mol. The van der Waals surface area contributed by atoms with Crippen LogP contribution in [-0.2, 0) is 14.3 Å². The van der Waals surface area contributed by atoms with Gasteiger partial charge in [0.05, 0.1) is 25.0 Å². The molecule has 2 aromatic rings. The largest absolute Gasteiger partial charge is 0.504 e. The minimum atomic E-state index is -1.07. The molecule has 0 aliphatic carbocycles. The highest BCUT2D eigenvalue weighted by Gasteiger charge is 2.27. The molecule has 1 heterocycles. The number of esters is 2. The number of ketones is 1. The van der Waals surface area contributed by atoms with Crippen molar-refractivity contribution in [2.45, 2.75) is 33.8 Å². The molecule has 8 nitrogen and oxygen atoms in total. The molecule has 8 heteroatoms. The number of Topliss-reactive ketones (excluding diaryl/α,β-unsaturated/α-hetero) is 1. The Morgan fingerprint density at radius 1 is 1.23 bits per heavy atom. The summed E-state index contributed by atoms with van der Waals surface area (Å²) in [4.78, 5) is 39.8. The number of ether oxygens (including phenoxy) is 3. The topological polar surface area (TPSA) is 115 Å². The summed E-state index contributed by atoms with van der Waals surface area (Å²) < 4.78 is 15.2. The van der Waals surface area contributed by atoms with E-state index in [4.69, 9.17) is 14.2 Å². The van der Waals surface area contributed by atoms with E-state index in [2.05, 4.69) is 4.98 Å². The molecule has 0 aliphatic rings. The highest BCUT2D eigenvalue weighted by molar-refractivity contribution is 6.04. The molecule has 0 amide bonds. The van der Waals surface area contributed by atoms with E-state index in [1.54, 1.807) is 32.9 Å². The third kappa shape index (κ3) is 5.08. The fourth-order valence-electron chi connectivity index (χ4n) is 2.94. The predicted octanol–water partition coefficient (Wildman–Crippen LogP) is 3.35. The number of carbonyl (C=O) groups is 3. The lowest BCUT2D eigenvalue weighted by molar-refractivity contribution is -0.140. The van der Waals surface area contributed by atoms with Crippen LogP contribution in [0.1, 0.15) is 51.5 Å². The molecule has 0 unspecified atom stereocenters. The molecular weight excluding hydrogens is 390 g/mol. The Labute approximate surface area is 174 Å². The molecule has 0 aliphatic heterocycles. The number of methoxy groups -OCH3 is 1. The first-order valence-electron chi connectivity index (χ1n) is 9.35. The van der Waals surface area contributed by atoms with E-state index in [-0.39, 0.29) is 23.8 Å². The average molecular weight is 415 g/mol. The fraction of sp³-hybridized carbons (Fsp3) is 0.318. The van der Waals surface area contributed by atoms with Crippen molar-refractivity contribution >= 4 is 23.8 Å². The molecule has 1 aromatic heterocycles. The summed E-state index contributed by atoms with van der Waals surface area (Å²) in [6, 6.07) is 4.58. The van der Waals surface area contributed by atoms with Crippen molar-refractivity contribution in [2.75, 3.05) is 13.7 Å². The maximum absolute atomic E-state index is 12.7. The number of aromatic nitrogens is 1. The van der Waals surface area contributed by atoms with Crippen molar-refractivity contribution in [3.05, 3.63) is 52.4 Å². The Kier molecular flexibility index (Phi) is 7.41. The van der Waals surface area contributed by atoms with Gasteiger partial charge in [-0.1, -0.05) is 6.07 Å². The van der Waals surface area contributed by atoms with E-state index in [1.807, 2.05) is 0 Å². The van der Waals surface area contributed by atoms with Gasteiger partial charge in [-0.05, 0) is 57.0 Å². The van der Waals surface area contributed by atoms with E-state index < -0.39 is 23.8 Å². The van der Waals surface area contributed by atoms with Crippen molar-refractivity contribution in [1.29, 1.82) is 0 Å². The number of hydrogen-bond donors (Lipinski definition) is 2. The summed E-state index contributed by atoms with van der Waals surface area (Å²) >= 11 is 0. The van der Waals surface area contributed by atoms with Crippen molar-refractivity contribution in [2.24, 2.45) is 0 Å². The second-order valence-corrected chi connectivity index (χ2v) is 6.55. The highest BCUT2D eigenvalue weighted by atomic mass is 16.5. The Morgan fingerprint density at radius 2 is 1.93 bits per heavy atom. The van der Waals surface area contributed by atoms with Crippen LogP contribution in [0.5, 0.6) is 11.5 Å². The second-order valence-electron chi connectivity index (χ2n) is 6.55. The summed E-state index contributed by atoms with van der Waals surface area (Å²) in [7, 11) is 1.42. The second kappa shape index (κ2) is 9.78. The lowest BCUT2D eigenvalue weighted by Gasteiger charge is -2.11. The van der Waals surface area contributed by atoms with Crippen molar-refractivity contribution < 1.29 is 33.7 Å². The standard InChI is InChI=1S/C22H25NO7/c1-6-29-22(27)19-12(2)20(23-13(19)3)21(26)14(4)30-18(25)10-8-15-7-9-16(24)17(11-15)28-5/h7-11,14,23-24H,6H2,1-5H3/b10-8+/t14-/m0/s1. The number of benzene rings is 1. The predicted molar refractivity (Wildman–Crippen MR) is 110 cm³/mol. The highest BCUT2D eigenvalue weighted by Crippen LogP contribution is 2.26. The summed E-state index contributed by atoms with van der Waals surface area (Å²) in [5.74, 6) is -1.44. The normalized spacial score (nSPS) is 11.9. The zero-order valence-electron chi connectivity index (χ0n) is 17.6. The zero-order chi connectivity index (χ0) is 22.4. The number of phenols is 1. The number of carbonyl (C=O) groups excluding carboxylic acids is 3. The Hall–Kier alpha value is -3.55. The molecule has 1 atom stereocenters. The molecule has 0 saturated heterocycles. The summed E-state index contributed by atoms with van der Waals surface area (Å²) in [5.41, 5.74) is 2.07. The Bertz CT molecular complexity index is 988. The van der Waals surface area contributed by atoms with Gasteiger partial charge in [0.25, 0.3) is 0 Å². The van der Waals surface area contributed by atoms with Gasteiger partial charge in [-0.15, -0.1) is 0 Å². The van der Waals surface area contributed by atoms with Crippen LogP contribution in [0.15, 0.2) is 24.3 Å². The molecule has 2 rings (SSSR count). The summed E-state index contributed by atoms with van der Waals surface area (Å²) in [6.07, 6.45) is 1.58. The van der Waals surface area contributed by atoms with Gasteiger partial charge in [0.1, 0.15) is 0 Å². The number of hydrogen-bond acceptors (Lipinski definition) is 7. The van der Waals surface area contributed by atoms with E-state index in [9.17, 15) is 19.5 Å². The van der Waals surface area contributed by atoms with Gasteiger partial charge in [0, 0.05) is 11.8 Å². The third-order valence-electron chi connectivity index (χ3n) is 4.44. The van der Waals surface area contributed by atoms with Crippen LogP contribution in [-0.4, -0.2) is 47.6 Å². The quantitative estimate of drug-likeness (QED) is 0.386. The van der Waals surface area contributed by atoms with Crippen LogP contribution in [0.25, 0.3) is 6.08 Å². The van der Waals surface area contributed by atoms with E-state index in [1.165, 1.54) is 32.3 Å². The van der Waals surface area contributed by atoms with E-state index >= 15 is 0 Å². The average Bonchev–Trinajstić information content (AvgIpc) is 3.00. The van der Waals surface area contributed by atoms with Crippen LogP contribution in [0.4, 0.5) is 0 Å². The first-order valence-corrected chi connectivity index (χ1v) is 9.35. The molecule has 0 bridgehead atoms. The number of phenolic OH excluding ortho intramolecular Hbond substituents is 1. The molecule has 2 N–H and O–H groups in total. The number of aromatic hydroxyl groups is 1. The minimum absolute atomic E-state index is 0.0183. The van der Waals surface area contributed by atoms with Gasteiger partial charge in [0.15, 0.2) is 17.6 Å². The number of aryl methyl sites for hydroxylation is 1. The lowest BCUT2D eigenvalue weighted by Crippen LogP contribution is -2.24. The van der Waals surface area contributed by atoms with E-state index in [0.29, 0.717) is 22.4 Å². The molecule has 0 spiro atoms. The maximum Gasteiger partial charge on any atom is 0.340 e. The molecule has 0 radical (unpaired) electrons. The van der Waals surface area contributed by atoms with Crippen LogP contribution >= 0.6 is 0 Å². The number of aromatic amines is 1. The van der Waals surface area contributed by atoms with Gasteiger partial charge >= 0.3 is 11.9 Å². The fourth-order valence-corrected chi connectivity index (χ4v) is 2.94.